The van der Waals surface area contributed by atoms with E-state index in [1.54, 1.807) is 6.07 Å². The first-order chi connectivity index (χ1) is 13.8. The Morgan fingerprint density at radius 3 is 2.38 bits per heavy atom. The Balaban J connectivity index is 1.96. The van der Waals surface area contributed by atoms with Gasteiger partial charge in [0.2, 0.25) is 0 Å². The van der Waals surface area contributed by atoms with Gasteiger partial charge in [-0.15, -0.1) is 0 Å². The standard InChI is InChI=1S/C24H26F2N2O/c1-5-20-15(2)23(24(29)27-16(3)19-9-7-6-8-10-19)28(17(20)4)14-18-11-12-21(25)22(26)13-18/h6-13,16H,5,14H2,1-4H3,(H,27,29)/t16-/m1/s1. The van der Waals surface area contributed by atoms with Crippen LogP contribution in [0.5, 0.6) is 0 Å². The molecule has 0 aliphatic heterocycles. The summed E-state index contributed by atoms with van der Waals surface area (Å²) in [7, 11) is 0. The van der Waals surface area contributed by atoms with Crippen LogP contribution in [-0.4, -0.2) is 10.5 Å². The molecule has 152 valence electrons. The average Bonchev–Trinajstić information content (AvgIpc) is 2.94. The first kappa shape index (κ1) is 20.8. The Hall–Kier alpha value is -2.95. The predicted octanol–water partition coefficient (Wildman–Crippen LogP) is 5.48. The second-order valence-corrected chi connectivity index (χ2v) is 7.33. The van der Waals surface area contributed by atoms with Crippen LogP contribution in [0, 0.1) is 25.5 Å². The lowest BCUT2D eigenvalue weighted by molar-refractivity contribution is 0.0930. The number of carbonyl (C=O) groups is 1. The average molecular weight is 396 g/mol. The molecule has 0 saturated carbocycles. The van der Waals surface area contributed by atoms with Crippen molar-refractivity contribution < 1.29 is 13.6 Å². The molecule has 5 heteroatoms. The van der Waals surface area contributed by atoms with Gasteiger partial charge in [-0.1, -0.05) is 43.3 Å². The molecule has 3 nitrogen and oxygen atoms in total. The Labute approximate surface area is 170 Å². The Bertz CT molecular complexity index is 1030. The van der Waals surface area contributed by atoms with Gasteiger partial charge in [0.05, 0.1) is 6.04 Å². The number of amides is 1. The van der Waals surface area contributed by atoms with Crippen LogP contribution < -0.4 is 5.32 Å². The summed E-state index contributed by atoms with van der Waals surface area (Å²) in [5.74, 6) is -1.94. The highest BCUT2D eigenvalue weighted by Crippen LogP contribution is 2.25. The summed E-state index contributed by atoms with van der Waals surface area (Å²) in [5, 5.41) is 3.07. The van der Waals surface area contributed by atoms with Gasteiger partial charge in [-0.25, -0.2) is 8.78 Å². The van der Waals surface area contributed by atoms with Crippen LogP contribution in [0.1, 0.15) is 58.3 Å². The molecule has 0 fully saturated rings. The summed E-state index contributed by atoms with van der Waals surface area (Å²) in [4.78, 5) is 13.2. The highest BCUT2D eigenvalue weighted by molar-refractivity contribution is 5.95. The second-order valence-electron chi connectivity index (χ2n) is 7.33. The maximum absolute atomic E-state index is 13.7. The van der Waals surface area contributed by atoms with Crippen molar-refractivity contribution in [2.24, 2.45) is 0 Å². The fourth-order valence-electron chi connectivity index (χ4n) is 3.87. The number of hydrogen-bond donors (Lipinski definition) is 1. The van der Waals surface area contributed by atoms with Gasteiger partial charge in [-0.05, 0) is 61.6 Å². The minimum Gasteiger partial charge on any atom is -0.344 e. The topological polar surface area (TPSA) is 34.0 Å². The minimum atomic E-state index is -0.886. The van der Waals surface area contributed by atoms with Crippen LogP contribution in [0.3, 0.4) is 0 Å². The van der Waals surface area contributed by atoms with Gasteiger partial charge in [0.1, 0.15) is 5.69 Å². The van der Waals surface area contributed by atoms with Crippen molar-refractivity contribution >= 4 is 5.91 Å². The highest BCUT2D eigenvalue weighted by atomic mass is 19.2. The first-order valence-corrected chi connectivity index (χ1v) is 9.81. The van der Waals surface area contributed by atoms with Crippen molar-refractivity contribution in [3.05, 3.63) is 93.8 Å². The van der Waals surface area contributed by atoms with E-state index in [-0.39, 0.29) is 11.9 Å². The third-order valence-electron chi connectivity index (χ3n) is 5.46. The van der Waals surface area contributed by atoms with Crippen molar-refractivity contribution in [2.75, 3.05) is 0 Å². The zero-order valence-electron chi connectivity index (χ0n) is 17.2. The van der Waals surface area contributed by atoms with Crippen molar-refractivity contribution in [2.45, 2.75) is 46.7 Å². The maximum atomic E-state index is 13.7. The molecule has 2 aromatic carbocycles. The van der Waals surface area contributed by atoms with E-state index in [1.165, 1.54) is 6.07 Å². The molecule has 1 heterocycles. The van der Waals surface area contributed by atoms with Gasteiger partial charge < -0.3 is 9.88 Å². The van der Waals surface area contributed by atoms with Crippen LogP contribution >= 0.6 is 0 Å². The van der Waals surface area contributed by atoms with Gasteiger partial charge in [-0.2, -0.15) is 0 Å². The second kappa shape index (κ2) is 8.60. The van der Waals surface area contributed by atoms with E-state index in [0.29, 0.717) is 17.8 Å². The molecule has 3 aromatic rings. The smallest absolute Gasteiger partial charge is 0.268 e. The quantitative estimate of drug-likeness (QED) is 0.588. The molecule has 3 rings (SSSR count). The van der Waals surface area contributed by atoms with E-state index in [4.69, 9.17) is 0 Å². The van der Waals surface area contributed by atoms with Gasteiger partial charge in [0, 0.05) is 12.2 Å². The molecule has 0 spiro atoms. The summed E-state index contributed by atoms with van der Waals surface area (Å²) >= 11 is 0. The molecular formula is C24H26F2N2O. The lowest BCUT2D eigenvalue weighted by Crippen LogP contribution is -2.29. The first-order valence-electron chi connectivity index (χ1n) is 9.81. The maximum Gasteiger partial charge on any atom is 0.268 e. The van der Waals surface area contributed by atoms with Crippen LogP contribution in [0.25, 0.3) is 0 Å². The SMILES string of the molecule is CCc1c(C)c(C(=O)N[C@H](C)c2ccccc2)n(Cc2ccc(F)c(F)c2)c1C. The van der Waals surface area contributed by atoms with Crippen LogP contribution in [-0.2, 0) is 13.0 Å². The summed E-state index contributed by atoms with van der Waals surface area (Å²) in [6, 6.07) is 13.5. The number of rotatable bonds is 6. The van der Waals surface area contributed by atoms with Crippen molar-refractivity contribution in [3.8, 4) is 0 Å². The Kier molecular flexibility index (Phi) is 6.16. The van der Waals surface area contributed by atoms with Crippen LogP contribution in [0.2, 0.25) is 0 Å². The lowest BCUT2D eigenvalue weighted by atomic mass is 10.1. The Morgan fingerprint density at radius 2 is 1.76 bits per heavy atom. The molecule has 0 radical (unpaired) electrons. The van der Waals surface area contributed by atoms with Crippen molar-refractivity contribution in [1.29, 1.82) is 0 Å². The molecule has 0 bridgehead atoms. The van der Waals surface area contributed by atoms with Crippen LogP contribution in [0.4, 0.5) is 8.78 Å². The fraction of sp³-hybridized carbons (Fsp3) is 0.292. The number of nitrogens with one attached hydrogen (secondary N) is 1. The van der Waals surface area contributed by atoms with E-state index >= 15 is 0 Å². The predicted molar refractivity (Wildman–Crippen MR) is 111 cm³/mol. The zero-order chi connectivity index (χ0) is 21.1. The number of nitrogens with zero attached hydrogens (tertiary/aromatic N) is 1. The minimum absolute atomic E-state index is 0.153. The molecule has 0 unspecified atom stereocenters. The van der Waals surface area contributed by atoms with E-state index in [0.717, 1.165) is 34.9 Å². The number of halogens is 2. The Morgan fingerprint density at radius 1 is 1.07 bits per heavy atom. The molecule has 1 amide bonds. The van der Waals surface area contributed by atoms with Gasteiger partial charge >= 0.3 is 0 Å². The van der Waals surface area contributed by atoms with Crippen LogP contribution in [0.15, 0.2) is 48.5 Å². The molecule has 0 aliphatic rings. The summed E-state index contributed by atoms with van der Waals surface area (Å²) in [6.07, 6.45) is 0.789. The van der Waals surface area contributed by atoms with Crippen molar-refractivity contribution in [3.63, 3.8) is 0 Å². The summed E-state index contributed by atoms with van der Waals surface area (Å²) in [5.41, 5.74) is 5.18. The van der Waals surface area contributed by atoms with E-state index in [2.05, 4.69) is 5.32 Å². The van der Waals surface area contributed by atoms with Crippen molar-refractivity contribution in [1.82, 2.24) is 9.88 Å². The third kappa shape index (κ3) is 4.24. The van der Waals surface area contributed by atoms with E-state index in [9.17, 15) is 13.6 Å². The number of benzene rings is 2. The number of carbonyl (C=O) groups excluding carboxylic acids is 1. The lowest BCUT2D eigenvalue weighted by Gasteiger charge is -2.17. The molecule has 1 aromatic heterocycles. The summed E-state index contributed by atoms with van der Waals surface area (Å²) in [6.45, 7) is 8.19. The molecule has 1 atom stereocenters. The molecule has 29 heavy (non-hydrogen) atoms. The van der Waals surface area contributed by atoms with E-state index < -0.39 is 11.6 Å². The van der Waals surface area contributed by atoms with Gasteiger partial charge in [0.25, 0.3) is 5.91 Å². The normalized spacial score (nSPS) is 12.1. The summed E-state index contributed by atoms with van der Waals surface area (Å²) < 4.78 is 28.9. The molecular weight excluding hydrogens is 370 g/mol. The third-order valence-corrected chi connectivity index (χ3v) is 5.46. The number of aromatic nitrogens is 1. The molecule has 1 N–H and O–H groups in total. The highest BCUT2D eigenvalue weighted by Gasteiger charge is 2.23. The largest absolute Gasteiger partial charge is 0.344 e. The fourth-order valence-corrected chi connectivity index (χ4v) is 3.87. The van der Waals surface area contributed by atoms with Gasteiger partial charge in [0.15, 0.2) is 11.6 Å². The number of hydrogen-bond acceptors (Lipinski definition) is 1. The zero-order valence-corrected chi connectivity index (χ0v) is 17.2. The monoisotopic (exact) mass is 396 g/mol. The van der Waals surface area contributed by atoms with E-state index in [1.807, 2.05) is 62.6 Å². The van der Waals surface area contributed by atoms with Gasteiger partial charge in [-0.3, -0.25) is 4.79 Å². The molecule has 0 saturated heterocycles. The molecule has 0 aliphatic carbocycles.